The van der Waals surface area contributed by atoms with E-state index in [0.717, 1.165) is 36.1 Å². The third-order valence-electron chi connectivity index (χ3n) is 6.34. The number of hydrogen-bond acceptors (Lipinski definition) is 6. The first-order chi connectivity index (χ1) is 18.2. The first-order valence-corrected chi connectivity index (χ1v) is 14.7. The first kappa shape index (κ1) is 29.8. The normalized spacial score (nSPS) is 12.2. The molecule has 3 aromatic rings. The van der Waals surface area contributed by atoms with Crippen molar-refractivity contribution in [1.29, 1.82) is 0 Å². The average molecular weight is 552 g/mol. The van der Waals surface area contributed by atoms with Crippen LogP contribution in [0.2, 0.25) is 0 Å². The van der Waals surface area contributed by atoms with Gasteiger partial charge in [-0.3, -0.25) is 0 Å². The second-order valence-electron chi connectivity index (χ2n) is 9.49. The summed E-state index contributed by atoms with van der Waals surface area (Å²) in [6.07, 6.45) is 12.1. The molecule has 3 rings (SSSR count). The summed E-state index contributed by atoms with van der Waals surface area (Å²) in [4.78, 5) is 3.77. The first-order valence-electron chi connectivity index (χ1n) is 13.2. The average Bonchev–Trinajstić information content (AvgIpc) is 3.37. The number of benzene rings is 2. The van der Waals surface area contributed by atoms with Crippen LogP contribution in [-0.2, 0) is 29.3 Å². The molecule has 38 heavy (non-hydrogen) atoms. The van der Waals surface area contributed by atoms with Crippen LogP contribution in [-0.4, -0.2) is 24.1 Å². The molecule has 0 amide bonds. The van der Waals surface area contributed by atoms with Crippen LogP contribution in [0.1, 0.15) is 81.7 Å². The highest BCUT2D eigenvalue weighted by Gasteiger charge is 2.46. The molecule has 0 spiro atoms. The molecule has 0 saturated heterocycles. The Hall–Kier alpha value is -2.72. The number of unbranched alkanes of at least 4 members (excludes halogenated alkanes) is 8. The zero-order valence-corrected chi connectivity index (χ0v) is 22.6. The molecule has 1 heterocycles. The van der Waals surface area contributed by atoms with Gasteiger partial charge in [0, 0.05) is 25.1 Å². The number of rotatable bonds is 16. The van der Waals surface area contributed by atoms with E-state index in [-0.39, 0.29) is 0 Å². The van der Waals surface area contributed by atoms with E-state index in [9.17, 15) is 21.6 Å². The summed E-state index contributed by atoms with van der Waals surface area (Å²) in [6.45, 7) is 3.09. The highest BCUT2D eigenvalue weighted by atomic mass is 32.2. The maximum Gasteiger partial charge on any atom is 0.501 e. The molecular weight excluding hydrogens is 515 g/mol. The highest BCUT2D eigenvalue weighted by Crippen LogP contribution is 2.30. The Morgan fingerprint density at radius 3 is 2.13 bits per heavy atom. The molecule has 10 heteroatoms. The van der Waals surface area contributed by atoms with Crippen LogP contribution in [0.15, 0.2) is 57.9 Å². The lowest BCUT2D eigenvalue weighted by Gasteiger charge is -2.09. The van der Waals surface area contributed by atoms with Gasteiger partial charge in [-0.2, -0.15) is 18.2 Å². The summed E-state index contributed by atoms with van der Waals surface area (Å²) in [6, 6.07) is 12.4. The third kappa shape index (κ3) is 8.94. The van der Waals surface area contributed by atoms with Crippen molar-refractivity contribution in [3.63, 3.8) is 0 Å². The largest absolute Gasteiger partial charge is 0.501 e. The topological polar surface area (TPSA) is 85.1 Å². The molecule has 6 nitrogen and oxygen atoms in total. The fourth-order valence-electron chi connectivity index (χ4n) is 4.15. The molecule has 0 aliphatic rings. The van der Waals surface area contributed by atoms with Gasteiger partial charge in [-0.25, -0.2) is 8.42 Å². The molecule has 0 aliphatic carbocycles. The Morgan fingerprint density at radius 2 is 1.47 bits per heavy atom. The molecule has 0 bridgehead atoms. The van der Waals surface area contributed by atoms with Crippen LogP contribution in [0.5, 0.6) is 0 Å². The zero-order valence-electron chi connectivity index (χ0n) is 21.8. The molecule has 0 radical (unpaired) electrons. The maximum absolute atomic E-state index is 12.7. The Balaban J connectivity index is 1.43. The third-order valence-corrected chi connectivity index (χ3v) is 7.84. The van der Waals surface area contributed by atoms with Gasteiger partial charge in [-0.05, 0) is 41.8 Å². The predicted octanol–water partition coefficient (Wildman–Crippen LogP) is 7.39. The molecule has 0 atom stereocenters. The van der Waals surface area contributed by atoms with E-state index in [1.165, 1.54) is 63.5 Å². The minimum atomic E-state index is -5.34. The summed E-state index contributed by atoms with van der Waals surface area (Å²) in [7, 11) is -5.34. The molecule has 0 aliphatic heterocycles. The van der Waals surface area contributed by atoms with E-state index in [4.69, 9.17) is 4.52 Å². The SMILES string of the molecule is CCCCCCCCCCCc1noc(-c2cccc(CNCc3ccc(S(=O)(=O)C(F)(F)F)cc3)c2)n1. The van der Waals surface area contributed by atoms with Crippen molar-refractivity contribution in [3.05, 3.63) is 65.5 Å². The summed E-state index contributed by atoms with van der Waals surface area (Å²) in [5.74, 6) is 1.18. The van der Waals surface area contributed by atoms with Gasteiger partial charge in [-0.15, -0.1) is 0 Å². The molecule has 1 N–H and O–H groups in total. The van der Waals surface area contributed by atoms with Crippen molar-refractivity contribution in [3.8, 4) is 11.5 Å². The summed E-state index contributed by atoms with van der Waals surface area (Å²) < 4.78 is 66.5. The van der Waals surface area contributed by atoms with Crippen molar-refractivity contribution in [2.24, 2.45) is 0 Å². The van der Waals surface area contributed by atoms with E-state index in [1.54, 1.807) is 0 Å². The van der Waals surface area contributed by atoms with Gasteiger partial charge in [0.15, 0.2) is 5.82 Å². The Bertz CT molecular complexity index is 1230. The molecule has 0 saturated carbocycles. The second-order valence-corrected chi connectivity index (χ2v) is 11.4. The molecular formula is C28H36F3N3O3S. The molecule has 208 valence electrons. The van der Waals surface area contributed by atoms with Crippen LogP contribution in [0.3, 0.4) is 0 Å². The van der Waals surface area contributed by atoms with Gasteiger partial charge in [0.25, 0.3) is 15.7 Å². The van der Waals surface area contributed by atoms with Crippen LogP contribution < -0.4 is 5.32 Å². The lowest BCUT2D eigenvalue weighted by atomic mass is 10.1. The lowest BCUT2D eigenvalue weighted by molar-refractivity contribution is -0.0436. The lowest BCUT2D eigenvalue weighted by Crippen LogP contribution is -2.23. The van der Waals surface area contributed by atoms with E-state index in [0.29, 0.717) is 30.4 Å². The van der Waals surface area contributed by atoms with Gasteiger partial charge in [-0.1, -0.05) is 87.7 Å². The fourth-order valence-corrected chi connectivity index (χ4v) is 4.91. The summed E-state index contributed by atoms with van der Waals surface area (Å²) >= 11 is 0. The standard InChI is InChI=1S/C28H36F3N3O3S/c1-2-3-4-5-6-7-8-9-10-14-26-33-27(37-34-26)24-13-11-12-23(19-24)21-32-20-22-15-17-25(18-16-22)38(35,36)28(29,30)31/h11-13,15-19,32H,2-10,14,20-21H2,1H3. The van der Waals surface area contributed by atoms with Gasteiger partial charge in [0.1, 0.15) is 0 Å². The van der Waals surface area contributed by atoms with Gasteiger partial charge < -0.3 is 9.84 Å². The van der Waals surface area contributed by atoms with Crippen LogP contribution in [0.25, 0.3) is 11.5 Å². The minimum absolute atomic E-state index is 0.361. The van der Waals surface area contributed by atoms with Crippen LogP contribution in [0, 0.1) is 0 Å². The maximum atomic E-state index is 12.7. The predicted molar refractivity (Wildman–Crippen MR) is 141 cm³/mol. The number of sulfone groups is 1. The Labute approximate surface area is 223 Å². The molecule has 0 fully saturated rings. The summed E-state index contributed by atoms with van der Waals surface area (Å²) in [5, 5.41) is 7.33. The van der Waals surface area contributed by atoms with Gasteiger partial charge in [0.05, 0.1) is 4.90 Å². The number of alkyl halides is 3. The van der Waals surface area contributed by atoms with Crippen molar-refractivity contribution in [2.75, 3.05) is 0 Å². The number of aryl methyl sites for hydroxylation is 1. The fraction of sp³-hybridized carbons (Fsp3) is 0.500. The van der Waals surface area contributed by atoms with Crippen molar-refractivity contribution in [1.82, 2.24) is 15.5 Å². The highest BCUT2D eigenvalue weighted by molar-refractivity contribution is 7.92. The Kier molecular flexibility index (Phi) is 11.3. The minimum Gasteiger partial charge on any atom is -0.334 e. The number of halogens is 3. The number of nitrogens with one attached hydrogen (secondary N) is 1. The molecule has 0 unspecified atom stereocenters. The van der Waals surface area contributed by atoms with Crippen molar-refractivity contribution >= 4 is 9.84 Å². The number of hydrogen-bond donors (Lipinski definition) is 1. The van der Waals surface area contributed by atoms with E-state index in [2.05, 4.69) is 22.4 Å². The van der Waals surface area contributed by atoms with E-state index < -0.39 is 20.2 Å². The Morgan fingerprint density at radius 1 is 0.842 bits per heavy atom. The van der Waals surface area contributed by atoms with Crippen molar-refractivity contribution in [2.45, 2.75) is 94.6 Å². The summed E-state index contributed by atoms with van der Waals surface area (Å²) in [5.41, 5.74) is -2.86. The number of nitrogens with zero attached hydrogens (tertiary/aromatic N) is 2. The van der Waals surface area contributed by atoms with Gasteiger partial charge >= 0.3 is 5.51 Å². The van der Waals surface area contributed by atoms with Crippen molar-refractivity contribution < 1.29 is 26.1 Å². The zero-order chi connectivity index (χ0) is 27.4. The van der Waals surface area contributed by atoms with Gasteiger partial charge in [0.2, 0.25) is 0 Å². The van der Waals surface area contributed by atoms with Crippen LogP contribution >= 0.6 is 0 Å². The monoisotopic (exact) mass is 551 g/mol. The smallest absolute Gasteiger partial charge is 0.334 e. The molecule has 1 aromatic heterocycles. The number of aromatic nitrogens is 2. The van der Waals surface area contributed by atoms with E-state index in [1.807, 2.05) is 24.3 Å². The van der Waals surface area contributed by atoms with Crippen LogP contribution in [0.4, 0.5) is 13.2 Å². The van der Waals surface area contributed by atoms with E-state index >= 15 is 0 Å². The molecule has 2 aromatic carbocycles. The quantitative estimate of drug-likeness (QED) is 0.187. The second kappa shape index (κ2) is 14.4.